The highest BCUT2D eigenvalue weighted by Crippen LogP contribution is 2.35. The van der Waals surface area contributed by atoms with Crippen LogP contribution in [0.1, 0.15) is 42.9 Å². The third-order valence-corrected chi connectivity index (χ3v) is 4.61. The Morgan fingerprint density at radius 1 is 1.18 bits per heavy atom. The number of nitrogens with one attached hydrogen (secondary N) is 1. The Balaban J connectivity index is 2.23. The minimum Gasteiger partial charge on any atom is -0.398 e. The fraction of sp³-hybridized carbons (Fsp3) is 0.316. The van der Waals surface area contributed by atoms with Gasteiger partial charge in [0.25, 0.3) is 0 Å². The summed E-state index contributed by atoms with van der Waals surface area (Å²) in [5.41, 5.74) is 13.9. The molecule has 0 aliphatic carbocycles. The lowest BCUT2D eigenvalue weighted by atomic mass is 9.92. The average molecular weight is 293 g/mol. The molecule has 1 unspecified atom stereocenters. The number of benzene rings is 2. The van der Waals surface area contributed by atoms with Crippen molar-refractivity contribution in [3.8, 4) is 11.4 Å². The minimum atomic E-state index is 0.454. The third-order valence-electron chi connectivity index (χ3n) is 4.61. The molecule has 3 nitrogen and oxygen atoms in total. The highest BCUT2D eigenvalue weighted by atomic mass is 14.9. The van der Waals surface area contributed by atoms with E-state index in [0.29, 0.717) is 5.92 Å². The summed E-state index contributed by atoms with van der Waals surface area (Å²) in [6, 6.07) is 10.4. The first-order chi connectivity index (χ1) is 10.5. The monoisotopic (exact) mass is 293 g/mol. The molecule has 0 fully saturated rings. The van der Waals surface area contributed by atoms with Crippen molar-refractivity contribution in [3.05, 3.63) is 47.0 Å². The Kier molecular flexibility index (Phi) is 3.65. The molecule has 1 atom stereocenters. The fourth-order valence-corrected chi connectivity index (χ4v) is 2.88. The van der Waals surface area contributed by atoms with Gasteiger partial charge in [0.05, 0.1) is 11.0 Å². The van der Waals surface area contributed by atoms with Crippen LogP contribution in [0.15, 0.2) is 30.3 Å². The Morgan fingerprint density at radius 3 is 2.64 bits per heavy atom. The van der Waals surface area contributed by atoms with E-state index in [1.807, 2.05) is 12.1 Å². The molecule has 2 aromatic carbocycles. The lowest BCUT2D eigenvalue weighted by Gasteiger charge is -2.15. The molecule has 0 saturated carbocycles. The van der Waals surface area contributed by atoms with Gasteiger partial charge in [-0.3, -0.25) is 0 Å². The molecule has 0 aliphatic rings. The lowest BCUT2D eigenvalue weighted by molar-refractivity contribution is 0.735. The van der Waals surface area contributed by atoms with Crippen LogP contribution in [0.5, 0.6) is 0 Å². The largest absolute Gasteiger partial charge is 0.398 e. The van der Waals surface area contributed by atoms with Crippen LogP contribution in [0.25, 0.3) is 22.4 Å². The molecule has 114 valence electrons. The number of imidazole rings is 1. The minimum absolute atomic E-state index is 0.454. The summed E-state index contributed by atoms with van der Waals surface area (Å²) >= 11 is 0. The summed E-state index contributed by atoms with van der Waals surface area (Å²) in [5.74, 6) is 1.32. The van der Waals surface area contributed by atoms with Gasteiger partial charge in [0, 0.05) is 11.3 Å². The molecule has 3 rings (SSSR count). The molecule has 3 aromatic rings. The number of nitrogens with zero attached hydrogens (tertiary/aromatic N) is 1. The summed E-state index contributed by atoms with van der Waals surface area (Å²) in [4.78, 5) is 8.24. The number of nitrogens with two attached hydrogens (primary N) is 1. The molecule has 3 N–H and O–H groups in total. The van der Waals surface area contributed by atoms with Gasteiger partial charge in [0.15, 0.2) is 0 Å². The highest BCUT2D eigenvalue weighted by molar-refractivity contribution is 5.85. The van der Waals surface area contributed by atoms with Crippen LogP contribution >= 0.6 is 0 Å². The number of hydrogen-bond acceptors (Lipinski definition) is 2. The molecule has 0 radical (unpaired) electrons. The molecular formula is C19H23N3. The van der Waals surface area contributed by atoms with E-state index in [9.17, 15) is 0 Å². The van der Waals surface area contributed by atoms with Gasteiger partial charge in [-0.05, 0) is 61.1 Å². The first kappa shape index (κ1) is 14.6. The van der Waals surface area contributed by atoms with Crippen LogP contribution in [0.3, 0.4) is 0 Å². The summed E-state index contributed by atoms with van der Waals surface area (Å²) in [6.45, 7) is 8.67. The standard InChI is InChI=1S/C19H23N3/c1-5-11(2)14-7-6-8-15(20)18(14)19-21-16-9-12(3)13(4)10-17(16)22-19/h6-11H,5,20H2,1-4H3,(H,21,22). The second-order valence-electron chi connectivity index (χ2n) is 6.16. The smallest absolute Gasteiger partial charge is 0.140 e. The fourth-order valence-electron chi connectivity index (χ4n) is 2.88. The molecule has 0 spiro atoms. The molecule has 1 heterocycles. The van der Waals surface area contributed by atoms with E-state index in [1.54, 1.807) is 0 Å². The lowest BCUT2D eigenvalue weighted by Crippen LogP contribution is -2.00. The van der Waals surface area contributed by atoms with Crippen LogP contribution in [0.4, 0.5) is 5.69 Å². The Bertz CT molecular complexity index is 791. The molecule has 0 bridgehead atoms. The first-order valence-electron chi connectivity index (χ1n) is 7.87. The number of rotatable bonds is 3. The number of fused-ring (bicyclic) bond motifs is 1. The number of hydrogen-bond donors (Lipinski definition) is 2. The van der Waals surface area contributed by atoms with Gasteiger partial charge in [-0.2, -0.15) is 0 Å². The van der Waals surface area contributed by atoms with Crippen molar-refractivity contribution < 1.29 is 0 Å². The van der Waals surface area contributed by atoms with E-state index in [-0.39, 0.29) is 0 Å². The van der Waals surface area contributed by atoms with Crippen molar-refractivity contribution in [2.75, 3.05) is 5.73 Å². The van der Waals surface area contributed by atoms with Crippen molar-refractivity contribution in [3.63, 3.8) is 0 Å². The van der Waals surface area contributed by atoms with Gasteiger partial charge < -0.3 is 10.7 Å². The van der Waals surface area contributed by atoms with E-state index >= 15 is 0 Å². The molecule has 3 heteroatoms. The number of aromatic nitrogens is 2. The number of anilines is 1. The highest BCUT2D eigenvalue weighted by Gasteiger charge is 2.16. The number of H-pyrrole nitrogens is 1. The molecule has 1 aromatic heterocycles. The molecule has 0 saturated heterocycles. The molecule has 0 amide bonds. The Hall–Kier alpha value is -2.29. The number of aromatic amines is 1. The Labute approximate surface area is 131 Å². The van der Waals surface area contributed by atoms with E-state index in [4.69, 9.17) is 10.7 Å². The van der Waals surface area contributed by atoms with Crippen LogP contribution in [0.2, 0.25) is 0 Å². The van der Waals surface area contributed by atoms with Crippen LogP contribution in [-0.2, 0) is 0 Å². The molecule has 0 aliphatic heterocycles. The summed E-state index contributed by atoms with van der Waals surface area (Å²) in [5, 5.41) is 0. The van der Waals surface area contributed by atoms with Gasteiger partial charge >= 0.3 is 0 Å². The normalized spacial score (nSPS) is 12.7. The summed E-state index contributed by atoms with van der Waals surface area (Å²) in [7, 11) is 0. The van der Waals surface area contributed by atoms with E-state index in [0.717, 1.165) is 34.5 Å². The maximum absolute atomic E-state index is 6.27. The first-order valence-corrected chi connectivity index (χ1v) is 7.87. The predicted octanol–water partition coefficient (Wildman–Crippen LogP) is 4.94. The summed E-state index contributed by atoms with van der Waals surface area (Å²) < 4.78 is 0. The maximum atomic E-state index is 6.27. The SMILES string of the molecule is CCC(C)c1cccc(N)c1-c1nc2cc(C)c(C)cc2[nH]1. The van der Waals surface area contributed by atoms with E-state index in [2.05, 4.69) is 50.9 Å². The Morgan fingerprint density at radius 2 is 1.91 bits per heavy atom. The second-order valence-corrected chi connectivity index (χ2v) is 6.16. The van der Waals surface area contributed by atoms with E-state index < -0.39 is 0 Å². The summed E-state index contributed by atoms with van der Waals surface area (Å²) in [6.07, 6.45) is 1.08. The van der Waals surface area contributed by atoms with Crippen LogP contribution in [-0.4, -0.2) is 9.97 Å². The van der Waals surface area contributed by atoms with Crippen molar-refractivity contribution >= 4 is 16.7 Å². The zero-order valence-corrected chi connectivity index (χ0v) is 13.7. The van der Waals surface area contributed by atoms with Crippen molar-refractivity contribution in [2.45, 2.75) is 40.0 Å². The predicted molar refractivity (Wildman–Crippen MR) is 94.1 cm³/mol. The van der Waals surface area contributed by atoms with Gasteiger partial charge in [-0.15, -0.1) is 0 Å². The molecule has 22 heavy (non-hydrogen) atoms. The van der Waals surface area contributed by atoms with Gasteiger partial charge in [0.2, 0.25) is 0 Å². The van der Waals surface area contributed by atoms with Gasteiger partial charge in [0.1, 0.15) is 5.82 Å². The second kappa shape index (κ2) is 5.48. The zero-order valence-electron chi connectivity index (χ0n) is 13.7. The average Bonchev–Trinajstić information content (AvgIpc) is 2.88. The van der Waals surface area contributed by atoms with Gasteiger partial charge in [-0.1, -0.05) is 26.0 Å². The van der Waals surface area contributed by atoms with Crippen molar-refractivity contribution in [2.24, 2.45) is 0 Å². The van der Waals surface area contributed by atoms with Crippen molar-refractivity contribution in [1.29, 1.82) is 0 Å². The molecular weight excluding hydrogens is 270 g/mol. The van der Waals surface area contributed by atoms with Crippen LogP contribution < -0.4 is 5.73 Å². The third kappa shape index (κ3) is 2.37. The maximum Gasteiger partial charge on any atom is 0.140 e. The zero-order chi connectivity index (χ0) is 15.9. The van der Waals surface area contributed by atoms with Crippen molar-refractivity contribution in [1.82, 2.24) is 9.97 Å². The van der Waals surface area contributed by atoms with E-state index in [1.165, 1.54) is 16.7 Å². The number of aryl methyl sites for hydroxylation is 2. The van der Waals surface area contributed by atoms with Crippen LogP contribution in [0, 0.1) is 13.8 Å². The topological polar surface area (TPSA) is 54.7 Å². The quantitative estimate of drug-likeness (QED) is 0.672. The van der Waals surface area contributed by atoms with Gasteiger partial charge in [-0.25, -0.2) is 4.98 Å². The number of nitrogen functional groups attached to an aromatic ring is 1.